The van der Waals surface area contributed by atoms with Gasteiger partial charge in [0, 0.05) is 19.0 Å². The number of benzene rings is 1. The molecule has 1 fully saturated rings. The fourth-order valence-corrected chi connectivity index (χ4v) is 2.01. The molecule has 0 bridgehead atoms. The number of hydrogen-bond donors (Lipinski definition) is 3. The number of nitrogens with one attached hydrogen (secondary N) is 2. The molecule has 0 aromatic heterocycles. The van der Waals surface area contributed by atoms with Crippen LogP contribution in [0.4, 0.5) is 0 Å². The number of hydrogen-bond acceptors (Lipinski definition) is 3. The summed E-state index contributed by atoms with van der Waals surface area (Å²) in [5.41, 5.74) is 0.0924. The van der Waals surface area contributed by atoms with Crippen molar-refractivity contribution in [1.29, 1.82) is 0 Å². The third-order valence-electron chi connectivity index (χ3n) is 3.00. The molecule has 1 aromatic rings. The van der Waals surface area contributed by atoms with E-state index >= 15 is 0 Å². The van der Waals surface area contributed by atoms with Gasteiger partial charge < -0.3 is 15.7 Å². The topological polar surface area (TPSA) is 95.5 Å². The van der Waals surface area contributed by atoms with Gasteiger partial charge in [0.25, 0.3) is 5.91 Å². The summed E-state index contributed by atoms with van der Waals surface area (Å²) < 4.78 is 0. The Bertz CT molecular complexity index is 527. The highest BCUT2D eigenvalue weighted by molar-refractivity contribution is 6.04. The lowest BCUT2D eigenvalue weighted by Gasteiger charge is -2.12. The Morgan fingerprint density at radius 3 is 2.58 bits per heavy atom. The molecule has 6 nitrogen and oxygen atoms in total. The van der Waals surface area contributed by atoms with Crippen LogP contribution in [0.25, 0.3) is 0 Å². The number of carboxylic acids is 1. The van der Waals surface area contributed by atoms with Crippen LogP contribution in [0, 0.1) is 0 Å². The summed E-state index contributed by atoms with van der Waals surface area (Å²) in [6, 6.07) is 5.95. The summed E-state index contributed by atoms with van der Waals surface area (Å²) in [6.45, 7) is 0.304. The second-order valence-electron chi connectivity index (χ2n) is 4.36. The van der Waals surface area contributed by atoms with Gasteiger partial charge >= 0.3 is 5.97 Å². The van der Waals surface area contributed by atoms with Crippen LogP contribution in [0.1, 0.15) is 33.6 Å². The van der Waals surface area contributed by atoms with E-state index in [0.29, 0.717) is 19.4 Å². The van der Waals surface area contributed by atoms with E-state index in [1.807, 2.05) is 0 Å². The second kappa shape index (κ2) is 5.51. The minimum absolute atomic E-state index is 0.0230. The lowest BCUT2D eigenvalue weighted by atomic mass is 10.1. The lowest BCUT2D eigenvalue weighted by molar-refractivity contribution is -0.119. The number of carbonyl (C=O) groups excluding carboxylic acids is 2. The molecular weight excluding hydrogens is 248 g/mol. The van der Waals surface area contributed by atoms with Crippen LogP contribution < -0.4 is 10.6 Å². The molecule has 3 N–H and O–H groups in total. The Balaban J connectivity index is 2.00. The molecule has 0 spiro atoms. The molecule has 1 aliphatic rings. The summed E-state index contributed by atoms with van der Waals surface area (Å²) in [5, 5.41) is 14.4. The van der Waals surface area contributed by atoms with E-state index in [2.05, 4.69) is 10.6 Å². The smallest absolute Gasteiger partial charge is 0.336 e. The highest BCUT2D eigenvalue weighted by Crippen LogP contribution is 2.09. The molecule has 1 saturated heterocycles. The second-order valence-corrected chi connectivity index (χ2v) is 4.36. The zero-order chi connectivity index (χ0) is 13.8. The molecule has 0 radical (unpaired) electrons. The van der Waals surface area contributed by atoms with Gasteiger partial charge in [-0.15, -0.1) is 0 Å². The Hall–Kier alpha value is -2.37. The molecule has 2 rings (SSSR count). The standard InChI is InChI=1S/C13H14N2O4/c16-11-6-5-8(15-11)7-14-12(17)9-3-1-2-4-10(9)13(18)19/h1-4,8H,5-7H2,(H,14,17)(H,15,16)(H,18,19). The minimum atomic E-state index is -1.14. The molecule has 1 atom stereocenters. The molecule has 2 amide bonds. The quantitative estimate of drug-likeness (QED) is 0.731. The van der Waals surface area contributed by atoms with Gasteiger partial charge in [0.2, 0.25) is 5.91 Å². The first kappa shape index (κ1) is 13.1. The van der Waals surface area contributed by atoms with Crippen molar-refractivity contribution in [2.24, 2.45) is 0 Å². The first-order valence-electron chi connectivity index (χ1n) is 5.98. The van der Waals surface area contributed by atoms with Crippen molar-refractivity contribution in [2.45, 2.75) is 18.9 Å². The highest BCUT2D eigenvalue weighted by atomic mass is 16.4. The fourth-order valence-electron chi connectivity index (χ4n) is 2.01. The van der Waals surface area contributed by atoms with Crippen molar-refractivity contribution in [1.82, 2.24) is 10.6 Å². The molecule has 100 valence electrons. The molecule has 19 heavy (non-hydrogen) atoms. The first-order valence-corrected chi connectivity index (χ1v) is 5.98. The number of carboxylic acid groups (broad SMARTS) is 1. The summed E-state index contributed by atoms with van der Waals surface area (Å²) in [7, 11) is 0. The summed E-state index contributed by atoms with van der Waals surface area (Å²) >= 11 is 0. The van der Waals surface area contributed by atoms with E-state index in [1.165, 1.54) is 12.1 Å². The van der Waals surface area contributed by atoms with Gasteiger partial charge in [0.15, 0.2) is 0 Å². The average Bonchev–Trinajstić information content (AvgIpc) is 2.81. The van der Waals surface area contributed by atoms with Crippen LogP contribution in [0.2, 0.25) is 0 Å². The largest absolute Gasteiger partial charge is 0.478 e. The molecule has 0 saturated carbocycles. The van der Waals surface area contributed by atoms with Crippen LogP contribution >= 0.6 is 0 Å². The predicted octanol–water partition coefficient (Wildman–Crippen LogP) is 0.393. The van der Waals surface area contributed by atoms with Gasteiger partial charge in [-0.3, -0.25) is 9.59 Å². The maximum Gasteiger partial charge on any atom is 0.336 e. The Kier molecular flexibility index (Phi) is 3.79. The average molecular weight is 262 g/mol. The van der Waals surface area contributed by atoms with Crippen LogP contribution in [0.15, 0.2) is 24.3 Å². The van der Waals surface area contributed by atoms with E-state index < -0.39 is 11.9 Å². The normalized spacial score (nSPS) is 17.9. The highest BCUT2D eigenvalue weighted by Gasteiger charge is 2.22. The van der Waals surface area contributed by atoms with E-state index in [4.69, 9.17) is 5.11 Å². The lowest BCUT2D eigenvalue weighted by Crippen LogP contribution is -2.38. The number of amides is 2. The summed E-state index contributed by atoms with van der Waals surface area (Å²) in [6.07, 6.45) is 1.14. The van der Waals surface area contributed by atoms with Crippen LogP contribution in [-0.4, -0.2) is 35.5 Å². The van der Waals surface area contributed by atoms with E-state index in [9.17, 15) is 14.4 Å². The number of aromatic carboxylic acids is 1. The van der Waals surface area contributed by atoms with Gasteiger partial charge in [0.1, 0.15) is 0 Å². The Morgan fingerprint density at radius 1 is 1.32 bits per heavy atom. The zero-order valence-electron chi connectivity index (χ0n) is 10.2. The third-order valence-corrected chi connectivity index (χ3v) is 3.00. The van der Waals surface area contributed by atoms with Crippen molar-refractivity contribution in [3.05, 3.63) is 35.4 Å². The maximum absolute atomic E-state index is 11.9. The summed E-state index contributed by atoms with van der Waals surface area (Å²) in [5.74, 6) is -1.61. The van der Waals surface area contributed by atoms with Crippen molar-refractivity contribution in [3.8, 4) is 0 Å². The van der Waals surface area contributed by atoms with Crippen molar-refractivity contribution in [2.75, 3.05) is 6.54 Å². The predicted molar refractivity (Wildman–Crippen MR) is 66.9 cm³/mol. The van der Waals surface area contributed by atoms with Crippen LogP contribution in [-0.2, 0) is 4.79 Å². The monoisotopic (exact) mass is 262 g/mol. The first-order chi connectivity index (χ1) is 9.08. The van der Waals surface area contributed by atoms with Crippen LogP contribution in [0.5, 0.6) is 0 Å². The van der Waals surface area contributed by atoms with Crippen molar-refractivity contribution in [3.63, 3.8) is 0 Å². The summed E-state index contributed by atoms with van der Waals surface area (Å²) in [4.78, 5) is 33.9. The van der Waals surface area contributed by atoms with E-state index in [0.717, 1.165) is 0 Å². The molecule has 1 aliphatic heterocycles. The van der Waals surface area contributed by atoms with Gasteiger partial charge in [-0.05, 0) is 18.6 Å². The minimum Gasteiger partial charge on any atom is -0.478 e. The van der Waals surface area contributed by atoms with Gasteiger partial charge in [0.05, 0.1) is 11.1 Å². The maximum atomic E-state index is 11.9. The number of carbonyl (C=O) groups is 3. The van der Waals surface area contributed by atoms with Gasteiger partial charge in [-0.2, -0.15) is 0 Å². The third kappa shape index (κ3) is 3.09. The van der Waals surface area contributed by atoms with Gasteiger partial charge in [-0.1, -0.05) is 12.1 Å². The molecule has 1 aromatic carbocycles. The van der Waals surface area contributed by atoms with Gasteiger partial charge in [-0.25, -0.2) is 4.79 Å². The van der Waals surface area contributed by atoms with Crippen LogP contribution in [0.3, 0.4) is 0 Å². The SMILES string of the molecule is O=C1CCC(CNC(=O)c2ccccc2C(=O)O)N1. The zero-order valence-corrected chi connectivity index (χ0v) is 10.2. The molecule has 6 heteroatoms. The Labute approximate surface area is 109 Å². The number of rotatable bonds is 4. The van der Waals surface area contributed by atoms with Crippen molar-refractivity contribution >= 4 is 17.8 Å². The Morgan fingerprint density at radius 2 is 2.00 bits per heavy atom. The molecule has 1 unspecified atom stereocenters. The molecule has 0 aliphatic carbocycles. The van der Waals surface area contributed by atoms with E-state index in [-0.39, 0.29) is 23.1 Å². The van der Waals surface area contributed by atoms with E-state index in [1.54, 1.807) is 12.1 Å². The van der Waals surface area contributed by atoms with Crippen molar-refractivity contribution < 1.29 is 19.5 Å². The molecule has 1 heterocycles. The molecular formula is C13H14N2O4. The fraction of sp³-hybridized carbons (Fsp3) is 0.308.